The van der Waals surface area contributed by atoms with Crippen LogP contribution in [0.4, 0.5) is 0 Å². The molecule has 6 heteroatoms. The largest absolute Gasteiger partial charge is 0.462 e. The van der Waals surface area contributed by atoms with Gasteiger partial charge < -0.3 is 14.2 Å². The third kappa shape index (κ3) is 58.4. The van der Waals surface area contributed by atoms with E-state index in [0.717, 1.165) is 96.3 Å². The van der Waals surface area contributed by atoms with Crippen LogP contribution in [0.3, 0.4) is 0 Å². The molecule has 0 heterocycles. The molecular weight excluding hydrogens is 877 g/mol. The summed E-state index contributed by atoms with van der Waals surface area (Å²) in [5.74, 6) is -0.865. The Labute approximate surface area is 442 Å². The predicted molar refractivity (Wildman–Crippen MR) is 307 cm³/mol. The molecule has 6 nitrogen and oxygen atoms in total. The summed E-state index contributed by atoms with van der Waals surface area (Å²) in [6.45, 7) is 6.58. The first-order valence-electron chi connectivity index (χ1n) is 31.5. The molecule has 0 saturated heterocycles. The quantitative estimate of drug-likeness (QED) is 0.0261. The number of ether oxygens (including phenoxy) is 3. The maximum atomic E-state index is 12.9. The van der Waals surface area contributed by atoms with Gasteiger partial charge in [0.25, 0.3) is 0 Å². The van der Waals surface area contributed by atoms with E-state index < -0.39 is 6.10 Å². The van der Waals surface area contributed by atoms with Crippen LogP contribution in [0.15, 0.2) is 36.5 Å². The normalized spacial score (nSPS) is 12.2. The van der Waals surface area contributed by atoms with Gasteiger partial charge in [0.2, 0.25) is 0 Å². The van der Waals surface area contributed by atoms with Crippen LogP contribution in [-0.4, -0.2) is 37.2 Å². The van der Waals surface area contributed by atoms with Crippen LogP contribution in [0.25, 0.3) is 0 Å². The number of allylic oxidation sites excluding steroid dienone is 6. The van der Waals surface area contributed by atoms with Gasteiger partial charge in [0.1, 0.15) is 13.2 Å². The van der Waals surface area contributed by atoms with E-state index in [2.05, 4.69) is 57.2 Å². The molecule has 0 fully saturated rings. The lowest BCUT2D eigenvalue weighted by Gasteiger charge is -2.18. The van der Waals surface area contributed by atoms with Gasteiger partial charge in [-0.15, -0.1) is 0 Å². The van der Waals surface area contributed by atoms with Gasteiger partial charge in [-0.05, 0) is 51.4 Å². The van der Waals surface area contributed by atoms with E-state index in [1.54, 1.807) is 0 Å². The van der Waals surface area contributed by atoms with Crippen molar-refractivity contribution in [3.05, 3.63) is 36.5 Å². The smallest absolute Gasteiger partial charge is 0.306 e. The van der Waals surface area contributed by atoms with Crippen molar-refractivity contribution in [2.75, 3.05) is 13.2 Å². The van der Waals surface area contributed by atoms with Crippen molar-refractivity contribution >= 4 is 17.9 Å². The molecule has 0 aromatic heterocycles. The number of esters is 3. The Morgan fingerprint density at radius 1 is 0.296 bits per heavy atom. The average molecular weight is 998 g/mol. The van der Waals surface area contributed by atoms with Gasteiger partial charge in [0.05, 0.1) is 0 Å². The highest BCUT2D eigenvalue weighted by Crippen LogP contribution is 2.18. The van der Waals surface area contributed by atoms with Gasteiger partial charge in [-0.1, -0.05) is 308 Å². The van der Waals surface area contributed by atoms with Crippen LogP contribution in [0.1, 0.15) is 342 Å². The summed E-state index contributed by atoms with van der Waals surface area (Å²) in [7, 11) is 0. The van der Waals surface area contributed by atoms with Gasteiger partial charge in [0, 0.05) is 19.3 Å². The lowest BCUT2D eigenvalue weighted by atomic mass is 10.0. The second-order valence-electron chi connectivity index (χ2n) is 21.3. The summed E-state index contributed by atoms with van der Waals surface area (Å²) >= 11 is 0. The van der Waals surface area contributed by atoms with E-state index in [1.165, 1.54) is 205 Å². The number of carbonyl (C=O) groups excluding carboxylic acids is 3. The molecule has 0 aliphatic heterocycles. The minimum atomic E-state index is -0.776. The van der Waals surface area contributed by atoms with Crippen molar-refractivity contribution < 1.29 is 28.6 Å². The van der Waals surface area contributed by atoms with E-state index in [-0.39, 0.29) is 31.1 Å². The van der Waals surface area contributed by atoms with Gasteiger partial charge >= 0.3 is 17.9 Å². The van der Waals surface area contributed by atoms with Crippen LogP contribution in [0.2, 0.25) is 0 Å². The Bertz CT molecular complexity index is 1190. The topological polar surface area (TPSA) is 78.9 Å². The molecule has 1 unspecified atom stereocenters. The Morgan fingerprint density at radius 3 is 0.859 bits per heavy atom. The Balaban J connectivity index is 4.30. The monoisotopic (exact) mass is 997 g/mol. The highest BCUT2D eigenvalue weighted by atomic mass is 16.6. The molecule has 0 amide bonds. The minimum Gasteiger partial charge on any atom is -0.462 e. The summed E-state index contributed by atoms with van der Waals surface area (Å²) in [6, 6.07) is 0. The standard InChI is InChI=1S/C65H120O6/c1-4-7-10-13-16-19-22-25-28-30-31-32-33-35-37-40-43-46-49-52-55-58-64(67)70-61-62(60-69-63(66)57-54-51-48-45-42-39-36-27-24-21-18-15-12-9-6-3)71-65(68)59-56-53-50-47-44-41-38-34-29-26-23-20-17-14-11-8-5-2/h9,12,18,21,27,36,62H,4-8,10-11,13-17,19-20,22-26,28-35,37-61H2,1-3H3/b12-9-,21-18-,36-27-. The zero-order valence-electron chi connectivity index (χ0n) is 47.8. The van der Waals surface area contributed by atoms with Crippen LogP contribution >= 0.6 is 0 Å². The molecule has 416 valence electrons. The first-order chi connectivity index (χ1) is 35.0. The average Bonchev–Trinajstić information content (AvgIpc) is 3.37. The third-order valence-electron chi connectivity index (χ3n) is 14.2. The molecule has 0 spiro atoms. The molecule has 0 radical (unpaired) electrons. The van der Waals surface area contributed by atoms with Crippen molar-refractivity contribution in [1.29, 1.82) is 0 Å². The zero-order chi connectivity index (χ0) is 51.4. The van der Waals surface area contributed by atoms with Crippen molar-refractivity contribution in [2.45, 2.75) is 348 Å². The van der Waals surface area contributed by atoms with Crippen LogP contribution in [0, 0.1) is 0 Å². The maximum Gasteiger partial charge on any atom is 0.306 e. The van der Waals surface area contributed by atoms with Gasteiger partial charge in [-0.2, -0.15) is 0 Å². The van der Waals surface area contributed by atoms with Crippen molar-refractivity contribution in [1.82, 2.24) is 0 Å². The molecule has 1 atom stereocenters. The fourth-order valence-electron chi connectivity index (χ4n) is 9.46. The van der Waals surface area contributed by atoms with Gasteiger partial charge in [-0.3, -0.25) is 14.4 Å². The van der Waals surface area contributed by atoms with Gasteiger partial charge in [0.15, 0.2) is 6.10 Å². The second kappa shape index (κ2) is 60.2. The molecular formula is C65H120O6. The predicted octanol–water partition coefficient (Wildman–Crippen LogP) is 21.2. The van der Waals surface area contributed by atoms with Crippen LogP contribution in [0.5, 0.6) is 0 Å². The molecule has 0 rings (SSSR count). The van der Waals surface area contributed by atoms with E-state index >= 15 is 0 Å². The second-order valence-corrected chi connectivity index (χ2v) is 21.3. The SMILES string of the molecule is CC/C=C\C/C=C\C/C=C\CCCCCCCC(=O)OCC(COC(=O)CCCCCCCCCCCCCCCCCCCCCCC)OC(=O)CCCCCCCCCCCCCCCCCCC. The van der Waals surface area contributed by atoms with Crippen LogP contribution in [-0.2, 0) is 28.6 Å². The van der Waals surface area contributed by atoms with Crippen molar-refractivity contribution in [2.24, 2.45) is 0 Å². The molecule has 0 N–H and O–H groups in total. The fraction of sp³-hybridized carbons (Fsp3) is 0.862. The van der Waals surface area contributed by atoms with Gasteiger partial charge in [-0.25, -0.2) is 0 Å². The number of rotatable bonds is 58. The molecule has 0 aliphatic rings. The molecule has 0 bridgehead atoms. The molecule has 0 aliphatic carbocycles. The fourth-order valence-corrected chi connectivity index (χ4v) is 9.46. The molecule has 0 aromatic rings. The van der Waals surface area contributed by atoms with E-state index in [0.29, 0.717) is 19.3 Å². The minimum absolute atomic E-state index is 0.0722. The van der Waals surface area contributed by atoms with E-state index in [1.807, 2.05) is 0 Å². The van der Waals surface area contributed by atoms with Crippen molar-refractivity contribution in [3.8, 4) is 0 Å². The summed E-state index contributed by atoms with van der Waals surface area (Å²) < 4.78 is 16.9. The summed E-state index contributed by atoms with van der Waals surface area (Å²) in [4.78, 5) is 38.3. The maximum absolute atomic E-state index is 12.9. The summed E-state index contributed by atoms with van der Waals surface area (Å²) in [6.07, 6.45) is 72.9. The molecule has 0 saturated carbocycles. The number of hydrogen-bond donors (Lipinski definition) is 0. The van der Waals surface area contributed by atoms with Crippen molar-refractivity contribution in [3.63, 3.8) is 0 Å². The number of hydrogen-bond acceptors (Lipinski definition) is 6. The first kappa shape index (κ1) is 68.6. The Hall–Kier alpha value is -2.37. The highest BCUT2D eigenvalue weighted by Gasteiger charge is 2.19. The third-order valence-corrected chi connectivity index (χ3v) is 14.2. The number of unbranched alkanes of at least 4 members (excludes halogenated alkanes) is 41. The summed E-state index contributed by atoms with van der Waals surface area (Å²) in [5, 5.41) is 0. The Morgan fingerprint density at radius 2 is 0.549 bits per heavy atom. The molecule has 0 aromatic carbocycles. The lowest BCUT2D eigenvalue weighted by Crippen LogP contribution is -2.30. The zero-order valence-corrected chi connectivity index (χ0v) is 47.8. The van der Waals surface area contributed by atoms with Crippen LogP contribution < -0.4 is 0 Å². The Kier molecular flexibility index (Phi) is 58.2. The number of carbonyl (C=O) groups is 3. The van der Waals surface area contributed by atoms with E-state index in [9.17, 15) is 14.4 Å². The first-order valence-corrected chi connectivity index (χ1v) is 31.5. The molecule has 71 heavy (non-hydrogen) atoms. The lowest BCUT2D eigenvalue weighted by molar-refractivity contribution is -0.167. The van der Waals surface area contributed by atoms with E-state index in [4.69, 9.17) is 14.2 Å². The summed E-state index contributed by atoms with van der Waals surface area (Å²) in [5.41, 5.74) is 0. The highest BCUT2D eigenvalue weighted by molar-refractivity contribution is 5.71.